The minimum absolute atomic E-state index is 0.137. The van der Waals surface area contributed by atoms with Gasteiger partial charge in [0.25, 0.3) is 5.91 Å². The van der Waals surface area contributed by atoms with E-state index in [0.29, 0.717) is 0 Å². The number of hydrogen-bond donors (Lipinski definition) is 1. The quantitative estimate of drug-likeness (QED) is 0.868. The molecule has 126 valence electrons. The van der Waals surface area contributed by atoms with Crippen molar-refractivity contribution in [2.24, 2.45) is 5.41 Å². The Morgan fingerprint density at radius 2 is 1.91 bits per heavy atom. The number of rotatable bonds is 3. The van der Waals surface area contributed by atoms with Crippen LogP contribution in [0, 0.1) is 5.41 Å². The van der Waals surface area contributed by atoms with Crippen LogP contribution in [0.4, 0.5) is 0 Å². The predicted octanol–water partition coefficient (Wildman–Crippen LogP) is 2.30. The summed E-state index contributed by atoms with van der Waals surface area (Å²) >= 11 is 0. The summed E-state index contributed by atoms with van der Waals surface area (Å²) in [5, 5.41) is 10.4. The Morgan fingerprint density at radius 1 is 1.35 bits per heavy atom. The number of nitrogens with zero attached hydrogens (tertiary/aromatic N) is 1. The first-order chi connectivity index (χ1) is 10.6. The third-order valence-electron chi connectivity index (χ3n) is 4.23. The average Bonchev–Trinajstić information content (AvgIpc) is 2.71. The largest absolute Gasteiger partial charge is 0.459 e. The molecule has 1 aromatic rings. The zero-order valence-corrected chi connectivity index (χ0v) is 14.4. The number of carbonyl (C=O) groups is 2. The van der Waals surface area contributed by atoms with Gasteiger partial charge in [0.1, 0.15) is 11.0 Å². The molecule has 0 spiro atoms. The van der Waals surface area contributed by atoms with Gasteiger partial charge in [-0.05, 0) is 40.2 Å². The number of aliphatic hydroxyl groups excluding tert-OH is 1. The summed E-state index contributed by atoms with van der Waals surface area (Å²) in [7, 11) is 0. The number of amides is 1. The van der Waals surface area contributed by atoms with Crippen molar-refractivity contribution in [2.75, 3.05) is 6.54 Å². The number of benzene rings is 1. The summed E-state index contributed by atoms with van der Waals surface area (Å²) in [6.07, 6.45) is -1.39. The summed E-state index contributed by atoms with van der Waals surface area (Å²) < 4.78 is 5.40. The van der Waals surface area contributed by atoms with E-state index < -0.39 is 29.0 Å². The van der Waals surface area contributed by atoms with Crippen molar-refractivity contribution in [1.82, 2.24) is 4.90 Å². The van der Waals surface area contributed by atoms with E-state index >= 15 is 0 Å². The first kappa shape index (κ1) is 17.5. The second-order valence-electron chi connectivity index (χ2n) is 7.37. The average molecular weight is 319 g/mol. The molecule has 3 atom stereocenters. The maximum atomic E-state index is 12.5. The molecule has 0 aliphatic carbocycles. The molecule has 23 heavy (non-hydrogen) atoms. The second kappa shape index (κ2) is 5.96. The Balaban J connectivity index is 2.24. The lowest BCUT2D eigenvalue weighted by atomic mass is 9.87. The molecule has 1 aliphatic rings. The summed E-state index contributed by atoms with van der Waals surface area (Å²) in [5.74, 6) is -0.983. The molecule has 1 amide bonds. The summed E-state index contributed by atoms with van der Waals surface area (Å²) in [6.45, 7) is 8.91. The number of esters is 1. The van der Waals surface area contributed by atoms with Crippen molar-refractivity contribution >= 4 is 11.9 Å². The highest BCUT2D eigenvalue weighted by Crippen LogP contribution is 2.38. The van der Waals surface area contributed by atoms with Crippen molar-refractivity contribution in [3.05, 3.63) is 35.9 Å². The highest BCUT2D eigenvalue weighted by molar-refractivity contribution is 5.93. The van der Waals surface area contributed by atoms with Crippen molar-refractivity contribution in [1.29, 1.82) is 0 Å². The number of hydrogen-bond acceptors (Lipinski definition) is 4. The van der Waals surface area contributed by atoms with Gasteiger partial charge < -0.3 is 14.7 Å². The highest BCUT2D eigenvalue weighted by atomic mass is 16.6. The molecule has 0 saturated carbocycles. The van der Waals surface area contributed by atoms with Gasteiger partial charge >= 0.3 is 5.97 Å². The third-order valence-corrected chi connectivity index (χ3v) is 4.23. The lowest BCUT2D eigenvalue weighted by Gasteiger charge is -2.30. The van der Waals surface area contributed by atoms with Crippen LogP contribution < -0.4 is 0 Å². The first-order valence-corrected chi connectivity index (χ1v) is 7.83. The molecule has 1 fully saturated rings. The van der Waals surface area contributed by atoms with Crippen LogP contribution in [0.15, 0.2) is 30.3 Å². The van der Waals surface area contributed by atoms with Gasteiger partial charge in [-0.25, -0.2) is 0 Å². The topological polar surface area (TPSA) is 66.8 Å². The first-order valence-electron chi connectivity index (χ1n) is 7.83. The van der Waals surface area contributed by atoms with Crippen molar-refractivity contribution in [2.45, 2.75) is 52.4 Å². The molecular weight excluding hydrogens is 294 g/mol. The highest BCUT2D eigenvalue weighted by Gasteiger charge is 2.56. The fraction of sp³-hybridized carbons (Fsp3) is 0.556. The van der Waals surface area contributed by atoms with Crippen molar-refractivity contribution < 1.29 is 19.4 Å². The van der Waals surface area contributed by atoms with Gasteiger partial charge in [-0.15, -0.1) is 0 Å². The van der Waals surface area contributed by atoms with E-state index in [4.69, 9.17) is 4.74 Å². The Kier molecular flexibility index (Phi) is 4.53. The maximum absolute atomic E-state index is 12.5. The van der Waals surface area contributed by atoms with Crippen molar-refractivity contribution in [3.8, 4) is 0 Å². The summed E-state index contributed by atoms with van der Waals surface area (Å²) in [4.78, 5) is 26.5. The molecule has 1 aromatic carbocycles. The maximum Gasteiger partial charge on any atom is 0.317 e. The molecule has 1 saturated heterocycles. The Bertz CT molecular complexity index is 593. The van der Waals surface area contributed by atoms with E-state index in [9.17, 15) is 14.7 Å². The van der Waals surface area contributed by atoms with Gasteiger partial charge in [0, 0.05) is 6.54 Å². The number of carbonyl (C=O) groups excluding carboxylic acids is 2. The van der Waals surface area contributed by atoms with Crippen LogP contribution >= 0.6 is 0 Å². The monoisotopic (exact) mass is 319 g/mol. The van der Waals surface area contributed by atoms with Crippen LogP contribution in [0.2, 0.25) is 0 Å². The van der Waals surface area contributed by atoms with Gasteiger partial charge in [0.15, 0.2) is 6.10 Å². The van der Waals surface area contributed by atoms with E-state index in [0.717, 1.165) is 5.56 Å². The standard InChI is InChI=1S/C18H25NO4/c1-12(13-9-7-6-8-10-13)19-11-18(5,14(20)15(19)21)16(22)23-17(2,3)4/h6-10,12,14,20H,11H2,1-5H3/t12-,14?,18-/m1/s1. The summed E-state index contributed by atoms with van der Waals surface area (Å²) in [6, 6.07) is 9.33. The van der Waals surface area contributed by atoms with Gasteiger partial charge in [-0.2, -0.15) is 0 Å². The van der Waals surface area contributed by atoms with E-state index in [2.05, 4.69) is 0 Å². The fourth-order valence-corrected chi connectivity index (χ4v) is 2.76. The minimum Gasteiger partial charge on any atom is -0.459 e. The van der Waals surface area contributed by atoms with E-state index in [1.54, 1.807) is 32.6 Å². The Hall–Kier alpha value is -1.88. The van der Waals surface area contributed by atoms with Gasteiger partial charge in [0.2, 0.25) is 0 Å². The lowest BCUT2D eigenvalue weighted by Crippen LogP contribution is -2.44. The molecule has 0 bridgehead atoms. The molecular formula is C18H25NO4. The summed E-state index contributed by atoms with van der Waals surface area (Å²) in [5.41, 5.74) is -0.962. The lowest BCUT2D eigenvalue weighted by molar-refractivity contribution is -0.171. The second-order valence-corrected chi connectivity index (χ2v) is 7.37. The van der Waals surface area contributed by atoms with Crippen LogP contribution in [0.5, 0.6) is 0 Å². The molecule has 1 unspecified atom stereocenters. The number of aliphatic hydroxyl groups is 1. The molecule has 1 N–H and O–H groups in total. The smallest absolute Gasteiger partial charge is 0.317 e. The Morgan fingerprint density at radius 3 is 2.43 bits per heavy atom. The number of ether oxygens (including phenoxy) is 1. The van der Waals surface area contributed by atoms with Crippen LogP contribution in [0.25, 0.3) is 0 Å². The third kappa shape index (κ3) is 3.39. The molecule has 1 heterocycles. The fourth-order valence-electron chi connectivity index (χ4n) is 2.76. The van der Waals surface area contributed by atoms with Crippen LogP contribution in [0.3, 0.4) is 0 Å². The van der Waals surface area contributed by atoms with Gasteiger partial charge in [-0.3, -0.25) is 9.59 Å². The van der Waals surface area contributed by atoms with E-state index in [1.807, 2.05) is 37.3 Å². The normalized spacial score (nSPS) is 26.3. The molecule has 5 nitrogen and oxygen atoms in total. The minimum atomic E-state index is -1.39. The zero-order valence-electron chi connectivity index (χ0n) is 14.4. The predicted molar refractivity (Wildman–Crippen MR) is 86.5 cm³/mol. The molecule has 2 rings (SSSR count). The SMILES string of the molecule is C[C@H](c1ccccc1)N1C[C@@](C)(C(=O)OC(C)(C)C)C(O)C1=O. The van der Waals surface area contributed by atoms with E-state index in [1.165, 1.54) is 0 Å². The van der Waals surface area contributed by atoms with Gasteiger partial charge in [0.05, 0.1) is 6.04 Å². The van der Waals surface area contributed by atoms with Crippen LogP contribution in [0.1, 0.15) is 46.2 Å². The molecule has 0 aromatic heterocycles. The number of likely N-dealkylation sites (tertiary alicyclic amines) is 1. The molecule has 1 aliphatic heterocycles. The molecule has 5 heteroatoms. The van der Waals surface area contributed by atoms with Crippen molar-refractivity contribution in [3.63, 3.8) is 0 Å². The van der Waals surface area contributed by atoms with E-state index in [-0.39, 0.29) is 12.6 Å². The van der Waals surface area contributed by atoms with Crippen LogP contribution in [-0.4, -0.2) is 40.1 Å². The zero-order chi connectivity index (χ0) is 17.4. The molecule has 0 radical (unpaired) electrons. The van der Waals surface area contributed by atoms with Gasteiger partial charge in [-0.1, -0.05) is 30.3 Å². The van der Waals surface area contributed by atoms with Crippen LogP contribution in [-0.2, 0) is 14.3 Å². The Labute approximate surface area is 137 Å².